The van der Waals surface area contributed by atoms with Crippen LogP contribution in [0, 0.1) is 17.0 Å². The fraction of sp³-hybridized carbons (Fsp3) is 0.412. The van der Waals surface area contributed by atoms with Crippen LogP contribution in [0.2, 0.25) is 0 Å². The molecule has 0 aliphatic heterocycles. The highest BCUT2D eigenvalue weighted by Crippen LogP contribution is 2.36. The molecule has 0 spiro atoms. The molecule has 8 heteroatoms. The summed E-state index contributed by atoms with van der Waals surface area (Å²) in [6.45, 7) is 7.11. The molecule has 0 bridgehead atoms. The van der Waals surface area contributed by atoms with Crippen molar-refractivity contribution >= 4 is 34.7 Å². The number of rotatable bonds is 8. The molecule has 0 N–H and O–H groups in total. The van der Waals surface area contributed by atoms with E-state index >= 15 is 0 Å². The van der Waals surface area contributed by atoms with Gasteiger partial charge in [-0.3, -0.25) is 14.9 Å². The molecule has 1 heterocycles. The molecule has 25 heavy (non-hydrogen) atoms. The van der Waals surface area contributed by atoms with Gasteiger partial charge in [0, 0.05) is 35.8 Å². The fourth-order valence-corrected chi connectivity index (χ4v) is 4.17. The smallest absolute Gasteiger partial charge is 0.284 e. The van der Waals surface area contributed by atoms with Gasteiger partial charge in [0.25, 0.3) is 11.6 Å². The predicted molar refractivity (Wildman–Crippen MR) is 101 cm³/mol. The van der Waals surface area contributed by atoms with Crippen molar-refractivity contribution in [2.45, 2.75) is 42.8 Å². The molecule has 1 aromatic heterocycles. The van der Waals surface area contributed by atoms with Crippen LogP contribution in [0.5, 0.6) is 0 Å². The topological polar surface area (TPSA) is 76.3 Å². The van der Waals surface area contributed by atoms with Crippen LogP contribution in [0.3, 0.4) is 0 Å². The van der Waals surface area contributed by atoms with Gasteiger partial charge in [0.1, 0.15) is 0 Å². The summed E-state index contributed by atoms with van der Waals surface area (Å²) in [6.07, 6.45) is 1.91. The second-order valence-corrected chi connectivity index (χ2v) is 7.68. The molecule has 0 radical (unpaired) electrons. The number of carbonyl (C=O) groups excluding carboxylic acids is 1. The van der Waals surface area contributed by atoms with Gasteiger partial charge in [0.05, 0.1) is 9.82 Å². The number of amides is 1. The molecule has 0 saturated carbocycles. The van der Waals surface area contributed by atoms with Gasteiger partial charge in [-0.25, -0.2) is 4.98 Å². The van der Waals surface area contributed by atoms with Gasteiger partial charge >= 0.3 is 0 Å². The average Bonchev–Trinajstić information content (AvgIpc) is 3.00. The van der Waals surface area contributed by atoms with E-state index in [9.17, 15) is 14.9 Å². The largest absolute Gasteiger partial charge is 0.339 e. The molecule has 1 amide bonds. The van der Waals surface area contributed by atoms with E-state index in [1.807, 2.05) is 19.2 Å². The third-order valence-electron chi connectivity index (χ3n) is 3.65. The number of nitrogens with zero attached hydrogens (tertiary/aromatic N) is 3. The minimum Gasteiger partial charge on any atom is -0.339 e. The second-order valence-electron chi connectivity index (χ2n) is 5.53. The SMILES string of the molecule is CCCCN(CC)C(=O)c1ccc(Sc2nc(C)cs2)c([N+](=O)[O-])c1. The van der Waals surface area contributed by atoms with Crippen LogP contribution in [0.25, 0.3) is 0 Å². The Morgan fingerprint density at radius 3 is 2.72 bits per heavy atom. The molecule has 0 unspecified atom stereocenters. The maximum absolute atomic E-state index is 12.6. The van der Waals surface area contributed by atoms with Crippen molar-refractivity contribution in [3.8, 4) is 0 Å². The summed E-state index contributed by atoms with van der Waals surface area (Å²) in [5, 5.41) is 13.4. The highest BCUT2D eigenvalue weighted by molar-refractivity contribution is 8.01. The van der Waals surface area contributed by atoms with E-state index in [4.69, 9.17) is 0 Å². The number of aromatic nitrogens is 1. The summed E-state index contributed by atoms with van der Waals surface area (Å²) < 4.78 is 0.748. The van der Waals surface area contributed by atoms with Crippen molar-refractivity contribution in [1.82, 2.24) is 9.88 Å². The van der Waals surface area contributed by atoms with Gasteiger partial charge in [0.2, 0.25) is 0 Å². The molecule has 0 fully saturated rings. The molecule has 1 aromatic carbocycles. The number of benzene rings is 1. The van der Waals surface area contributed by atoms with Crippen LogP contribution < -0.4 is 0 Å². The minimum atomic E-state index is -0.443. The van der Waals surface area contributed by atoms with E-state index in [2.05, 4.69) is 11.9 Å². The lowest BCUT2D eigenvalue weighted by molar-refractivity contribution is -0.387. The number of thiazole rings is 1. The summed E-state index contributed by atoms with van der Waals surface area (Å²) in [4.78, 5) is 30.2. The Balaban J connectivity index is 2.28. The first-order valence-corrected chi connectivity index (χ1v) is 9.83. The Labute approximate surface area is 155 Å². The molecule has 0 aliphatic carbocycles. The normalized spacial score (nSPS) is 10.7. The molecule has 2 rings (SSSR count). The second kappa shape index (κ2) is 8.96. The first-order chi connectivity index (χ1) is 12.0. The van der Waals surface area contributed by atoms with Gasteiger partial charge in [-0.1, -0.05) is 25.1 Å². The Bertz CT molecular complexity index is 761. The zero-order chi connectivity index (χ0) is 18.4. The van der Waals surface area contributed by atoms with Crippen LogP contribution in [0.1, 0.15) is 42.7 Å². The summed E-state index contributed by atoms with van der Waals surface area (Å²) in [5.74, 6) is -0.166. The van der Waals surface area contributed by atoms with Gasteiger partial charge in [0.15, 0.2) is 4.34 Å². The third kappa shape index (κ3) is 5.02. The Morgan fingerprint density at radius 2 is 2.16 bits per heavy atom. The lowest BCUT2D eigenvalue weighted by Gasteiger charge is -2.20. The molecule has 2 aromatic rings. The molecule has 134 valence electrons. The summed E-state index contributed by atoms with van der Waals surface area (Å²) >= 11 is 2.70. The Kier molecular flexibility index (Phi) is 6.95. The summed E-state index contributed by atoms with van der Waals surface area (Å²) in [5.41, 5.74) is 1.18. The van der Waals surface area contributed by atoms with Crippen LogP contribution in [-0.2, 0) is 0 Å². The molecular weight excluding hydrogens is 358 g/mol. The minimum absolute atomic E-state index is 0.0600. The van der Waals surface area contributed by atoms with Gasteiger partial charge in [-0.15, -0.1) is 11.3 Å². The lowest BCUT2D eigenvalue weighted by Crippen LogP contribution is -2.31. The van der Waals surface area contributed by atoms with E-state index in [-0.39, 0.29) is 11.6 Å². The van der Waals surface area contributed by atoms with Crippen LogP contribution in [0.15, 0.2) is 32.8 Å². The van der Waals surface area contributed by atoms with Gasteiger partial charge in [-0.2, -0.15) is 0 Å². The van der Waals surface area contributed by atoms with E-state index in [1.165, 1.54) is 29.2 Å². The zero-order valence-electron chi connectivity index (χ0n) is 14.5. The van der Waals surface area contributed by atoms with Crippen molar-refractivity contribution in [2.24, 2.45) is 0 Å². The van der Waals surface area contributed by atoms with E-state index < -0.39 is 4.92 Å². The highest BCUT2D eigenvalue weighted by atomic mass is 32.2. The van der Waals surface area contributed by atoms with E-state index in [0.29, 0.717) is 23.5 Å². The van der Waals surface area contributed by atoms with Crippen molar-refractivity contribution in [3.05, 3.63) is 45.0 Å². The van der Waals surface area contributed by atoms with Crippen LogP contribution in [-0.4, -0.2) is 33.8 Å². The monoisotopic (exact) mass is 379 g/mol. The fourth-order valence-electron chi connectivity index (χ4n) is 2.29. The number of nitro groups is 1. The maximum atomic E-state index is 12.6. The highest BCUT2D eigenvalue weighted by Gasteiger charge is 2.21. The number of nitro benzene ring substituents is 1. The predicted octanol–water partition coefficient (Wildman–Crippen LogP) is 4.77. The van der Waals surface area contributed by atoms with Crippen molar-refractivity contribution in [3.63, 3.8) is 0 Å². The van der Waals surface area contributed by atoms with Crippen LogP contribution in [0.4, 0.5) is 5.69 Å². The van der Waals surface area contributed by atoms with Crippen molar-refractivity contribution in [2.75, 3.05) is 13.1 Å². The first kappa shape index (κ1) is 19.4. The van der Waals surface area contributed by atoms with E-state index in [0.717, 1.165) is 22.9 Å². The standard InChI is InChI=1S/C17H21N3O3S2/c1-4-6-9-19(5-2)16(21)13-7-8-15(14(10-13)20(22)23)25-17-18-12(3)11-24-17/h7-8,10-11H,4-6,9H2,1-3H3. The molecule has 0 aliphatic rings. The summed E-state index contributed by atoms with van der Waals surface area (Å²) in [7, 11) is 0. The van der Waals surface area contributed by atoms with Gasteiger partial charge < -0.3 is 4.90 Å². The van der Waals surface area contributed by atoms with E-state index in [1.54, 1.807) is 17.0 Å². The Morgan fingerprint density at radius 1 is 1.40 bits per heavy atom. The van der Waals surface area contributed by atoms with Crippen LogP contribution >= 0.6 is 23.1 Å². The average molecular weight is 380 g/mol. The molecule has 6 nitrogen and oxygen atoms in total. The van der Waals surface area contributed by atoms with Gasteiger partial charge in [-0.05, 0) is 32.4 Å². The molecule has 0 saturated heterocycles. The van der Waals surface area contributed by atoms with Crippen molar-refractivity contribution in [1.29, 1.82) is 0 Å². The number of aryl methyl sites for hydroxylation is 1. The lowest BCUT2D eigenvalue weighted by atomic mass is 10.1. The summed E-state index contributed by atoms with van der Waals surface area (Å²) in [6, 6.07) is 4.67. The molecular formula is C17H21N3O3S2. The molecule has 0 atom stereocenters. The van der Waals surface area contributed by atoms with Crippen molar-refractivity contribution < 1.29 is 9.72 Å². The maximum Gasteiger partial charge on any atom is 0.284 e. The first-order valence-electron chi connectivity index (χ1n) is 8.14. The number of hydrogen-bond donors (Lipinski definition) is 0. The third-order valence-corrected chi connectivity index (χ3v) is 5.77. The number of hydrogen-bond acceptors (Lipinski definition) is 6. The number of unbranched alkanes of at least 4 members (excludes halogenated alkanes) is 1. The Hall–Kier alpha value is -1.93. The number of carbonyl (C=O) groups is 1. The zero-order valence-corrected chi connectivity index (χ0v) is 16.2. The quantitative estimate of drug-likeness (QED) is 0.487.